The molecule has 0 rings (SSSR count). The molecule has 1 unspecified atom stereocenters. The number of rotatable bonds is 9. The van der Waals surface area contributed by atoms with E-state index in [-0.39, 0.29) is 13.2 Å². The number of aliphatic hydroxyl groups excluding tert-OH is 1. The van der Waals surface area contributed by atoms with Crippen LogP contribution in [0.2, 0.25) is 0 Å². The lowest BCUT2D eigenvalue weighted by molar-refractivity contribution is 0.0240. The molecule has 0 aromatic rings. The number of carbonyl (C=O) groups excluding carboxylic acids is 1. The first kappa shape index (κ1) is 18.4. The summed E-state index contributed by atoms with van der Waals surface area (Å²) in [5.74, 6) is 0. The Hall–Kier alpha value is -0.570. The third-order valence-electron chi connectivity index (χ3n) is 1.46. The van der Waals surface area contributed by atoms with Gasteiger partial charge in [-0.3, -0.25) is 14.3 Å². The molecule has 0 aliphatic carbocycles. The van der Waals surface area contributed by atoms with E-state index in [0.717, 1.165) is 0 Å². The third kappa shape index (κ3) is 8.25. The SMILES string of the molecule is C=CCOC[C@H](CO)OP(=O)(O)C(=O)OP(=O)(O)O. The van der Waals surface area contributed by atoms with E-state index in [1.165, 1.54) is 6.08 Å². The third-order valence-corrected chi connectivity index (χ3v) is 3.15. The zero-order valence-corrected chi connectivity index (χ0v) is 11.4. The van der Waals surface area contributed by atoms with Crippen LogP contribution in [0.25, 0.3) is 0 Å². The van der Waals surface area contributed by atoms with Gasteiger partial charge in [0.1, 0.15) is 6.10 Å². The van der Waals surface area contributed by atoms with Crippen molar-refractivity contribution < 1.29 is 47.5 Å². The van der Waals surface area contributed by atoms with E-state index in [1.807, 2.05) is 0 Å². The van der Waals surface area contributed by atoms with Crippen LogP contribution in [0.5, 0.6) is 0 Å². The van der Waals surface area contributed by atoms with Crippen LogP contribution in [0.15, 0.2) is 12.7 Å². The lowest BCUT2D eigenvalue weighted by Gasteiger charge is -2.18. The summed E-state index contributed by atoms with van der Waals surface area (Å²) in [7, 11) is -10.4. The maximum absolute atomic E-state index is 11.3. The molecule has 19 heavy (non-hydrogen) atoms. The highest BCUT2D eigenvalue weighted by atomic mass is 31.2. The molecular formula is C7H14O10P2. The van der Waals surface area contributed by atoms with Crippen molar-refractivity contribution in [2.75, 3.05) is 19.8 Å². The molecule has 4 N–H and O–H groups in total. The van der Waals surface area contributed by atoms with Gasteiger partial charge in [0, 0.05) is 0 Å². The van der Waals surface area contributed by atoms with Gasteiger partial charge in [-0.2, -0.15) is 0 Å². The fourth-order valence-corrected chi connectivity index (χ4v) is 2.35. The van der Waals surface area contributed by atoms with Crippen molar-refractivity contribution in [1.82, 2.24) is 0 Å². The van der Waals surface area contributed by atoms with E-state index in [0.29, 0.717) is 0 Å². The van der Waals surface area contributed by atoms with E-state index in [2.05, 4.69) is 15.6 Å². The molecule has 0 heterocycles. The molecule has 0 saturated carbocycles. The van der Waals surface area contributed by atoms with E-state index >= 15 is 0 Å². The van der Waals surface area contributed by atoms with Gasteiger partial charge in [0.15, 0.2) is 0 Å². The highest BCUT2D eigenvalue weighted by Gasteiger charge is 2.40. The van der Waals surface area contributed by atoms with E-state index in [9.17, 15) is 13.9 Å². The Bertz CT molecular complexity index is 401. The molecule has 0 radical (unpaired) electrons. The fraction of sp³-hybridized carbons (Fsp3) is 0.571. The fourth-order valence-electron chi connectivity index (χ4n) is 0.798. The topological polar surface area (TPSA) is 160 Å². The Morgan fingerprint density at radius 2 is 1.89 bits per heavy atom. The van der Waals surface area contributed by atoms with Crippen LogP contribution in [0.4, 0.5) is 4.79 Å². The molecule has 0 aliphatic rings. The van der Waals surface area contributed by atoms with Gasteiger partial charge >= 0.3 is 21.1 Å². The van der Waals surface area contributed by atoms with Crippen molar-refractivity contribution in [2.24, 2.45) is 0 Å². The first-order valence-electron chi connectivity index (χ1n) is 4.72. The van der Waals surface area contributed by atoms with E-state index in [4.69, 9.17) is 24.5 Å². The minimum absolute atomic E-state index is 0.0719. The van der Waals surface area contributed by atoms with Crippen LogP contribution in [-0.2, 0) is 22.9 Å². The Morgan fingerprint density at radius 3 is 2.32 bits per heavy atom. The average Bonchev–Trinajstić information content (AvgIpc) is 2.25. The molecule has 0 aromatic carbocycles. The molecule has 0 aromatic heterocycles. The number of phosphoric acid groups is 1. The Kier molecular flexibility index (Phi) is 7.65. The van der Waals surface area contributed by atoms with Crippen molar-refractivity contribution >= 4 is 21.1 Å². The first-order valence-corrected chi connectivity index (χ1v) is 7.83. The minimum atomic E-state index is -5.26. The number of hydrogen-bond donors (Lipinski definition) is 4. The summed E-state index contributed by atoms with van der Waals surface area (Å²) in [4.78, 5) is 36.7. The van der Waals surface area contributed by atoms with Crippen LogP contribution in [0, 0.1) is 0 Å². The molecule has 0 saturated heterocycles. The van der Waals surface area contributed by atoms with Crippen LogP contribution in [0.1, 0.15) is 0 Å². The first-order chi connectivity index (χ1) is 8.62. The van der Waals surface area contributed by atoms with Crippen molar-refractivity contribution in [3.8, 4) is 0 Å². The molecular weight excluding hydrogens is 306 g/mol. The monoisotopic (exact) mass is 320 g/mol. The Labute approximate surface area is 108 Å². The molecule has 0 fully saturated rings. The Balaban J connectivity index is 4.54. The summed E-state index contributed by atoms with van der Waals surface area (Å²) in [6.45, 7) is 2.31. The summed E-state index contributed by atoms with van der Waals surface area (Å²) in [5.41, 5.74) is -2.12. The predicted octanol–water partition coefficient (Wildman–Crippen LogP) is -0.0188. The lowest BCUT2D eigenvalue weighted by Crippen LogP contribution is -2.24. The van der Waals surface area contributed by atoms with Gasteiger partial charge in [0.05, 0.1) is 19.8 Å². The molecule has 112 valence electrons. The number of hydrogen-bond acceptors (Lipinski definition) is 7. The summed E-state index contributed by atoms with van der Waals surface area (Å²) in [5, 5.41) is 8.83. The van der Waals surface area contributed by atoms with E-state index < -0.39 is 33.8 Å². The summed E-state index contributed by atoms with van der Waals surface area (Å²) < 4.78 is 34.2. The number of phosphoric ester groups is 1. The maximum atomic E-state index is 11.3. The summed E-state index contributed by atoms with van der Waals surface area (Å²) >= 11 is 0. The van der Waals surface area contributed by atoms with Crippen LogP contribution in [0.3, 0.4) is 0 Å². The van der Waals surface area contributed by atoms with Gasteiger partial charge in [-0.15, -0.1) is 6.58 Å². The van der Waals surface area contributed by atoms with Crippen molar-refractivity contribution in [2.45, 2.75) is 6.10 Å². The highest BCUT2D eigenvalue weighted by molar-refractivity contribution is 7.71. The Morgan fingerprint density at radius 1 is 1.32 bits per heavy atom. The standard InChI is InChI=1S/C7H14O10P2/c1-2-3-15-5-6(4-8)16-18(10,11)7(9)17-19(12,13)14/h2,6,8H,1,3-5H2,(H,10,11)(H2,12,13,14)/t6-/m0/s1. The van der Waals surface area contributed by atoms with Crippen molar-refractivity contribution in [3.63, 3.8) is 0 Å². The second kappa shape index (κ2) is 7.88. The van der Waals surface area contributed by atoms with Gasteiger partial charge in [-0.05, 0) is 0 Å². The normalized spacial score (nSPS) is 16.4. The second-order valence-corrected chi connectivity index (χ2v) is 5.88. The zero-order valence-electron chi connectivity index (χ0n) is 9.62. The van der Waals surface area contributed by atoms with Crippen LogP contribution >= 0.6 is 15.4 Å². The van der Waals surface area contributed by atoms with Crippen LogP contribution < -0.4 is 0 Å². The smallest absolute Gasteiger partial charge is 0.394 e. The van der Waals surface area contributed by atoms with Gasteiger partial charge in [0.2, 0.25) is 0 Å². The maximum Gasteiger partial charge on any atom is 0.527 e. The van der Waals surface area contributed by atoms with Crippen molar-refractivity contribution in [1.29, 1.82) is 0 Å². The summed E-state index contributed by atoms with van der Waals surface area (Å²) in [6.07, 6.45) is 0.0229. The largest absolute Gasteiger partial charge is 0.527 e. The lowest BCUT2D eigenvalue weighted by atomic mass is 10.4. The molecule has 0 spiro atoms. The molecule has 12 heteroatoms. The van der Waals surface area contributed by atoms with Gasteiger partial charge in [-0.1, -0.05) is 6.08 Å². The van der Waals surface area contributed by atoms with Crippen molar-refractivity contribution in [3.05, 3.63) is 12.7 Å². The molecule has 0 aliphatic heterocycles. The number of ether oxygens (including phenoxy) is 1. The predicted molar refractivity (Wildman–Crippen MR) is 61.3 cm³/mol. The summed E-state index contributed by atoms with van der Waals surface area (Å²) in [6, 6.07) is 0. The van der Waals surface area contributed by atoms with E-state index in [1.54, 1.807) is 0 Å². The van der Waals surface area contributed by atoms with Crippen LogP contribution in [-0.4, -0.2) is 51.4 Å². The quantitative estimate of drug-likeness (QED) is 0.258. The molecule has 10 nitrogen and oxygen atoms in total. The minimum Gasteiger partial charge on any atom is -0.394 e. The highest BCUT2D eigenvalue weighted by Crippen LogP contribution is 2.51. The van der Waals surface area contributed by atoms with Gasteiger partial charge in [-0.25, -0.2) is 13.9 Å². The molecule has 0 amide bonds. The average molecular weight is 320 g/mol. The molecule has 0 bridgehead atoms. The van der Waals surface area contributed by atoms with Gasteiger partial charge < -0.3 is 19.3 Å². The zero-order chi connectivity index (χ0) is 15.1. The second-order valence-electron chi connectivity index (χ2n) is 3.10. The number of carbonyl (C=O) groups is 1. The van der Waals surface area contributed by atoms with Gasteiger partial charge in [0.25, 0.3) is 0 Å². The number of aliphatic hydroxyl groups is 1. The molecule has 2 atom stereocenters.